The quantitative estimate of drug-likeness (QED) is 0.728. The van der Waals surface area contributed by atoms with E-state index in [2.05, 4.69) is 62.6 Å². The Bertz CT molecular complexity index is 992. The molecule has 3 atom stereocenters. The molecule has 0 radical (unpaired) electrons. The van der Waals surface area contributed by atoms with E-state index in [0.29, 0.717) is 23.8 Å². The van der Waals surface area contributed by atoms with Crippen LogP contribution in [0.5, 0.6) is 0 Å². The van der Waals surface area contributed by atoms with Gasteiger partial charge < -0.3 is 15.3 Å². The molecule has 2 aromatic carbocycles. The molecule has 1 unspecified atom stereocenters. The van der Waals surface area contributed by atoms with Gasteiger partial charge in [-0.3, -0.25) is 0 Å². The number of nitrogens with one attached hydrogen (secondary N) is 1. The first-order valence-corrected chi connectivity index (χ1v) is 9.20. The van der Waals surface area contributed by atoms with E-state index in [1.807, 2.05) is 0 Å². The van der Waals surface area contributed by atoms with Crippen LogP contribution in [0.15, 0.2) is 54.9 Å². The molecule has 2 N–H and O–H groups in total. The molecule has 136 valence electrons. The molecule has 3 aromatic rings. The second kappa shape index (κ2) is 6.32. The van der Waals surface area contributed by atoms with E-state index >= 15 is 0 Å². The van der Waals surface area contributed by atoms with Gasteiger partial charge in [0, 0.05) is 38.1 Å². The molecule has 1 aromatic heterocycles. The number of rotatable bonds is 5. The number of benzene rings is 2. The molecular weight excluding hydrogens is 340 g/mol. The number of carboxylic acid groups (broad SMARTS) is 1. The Balaban J connectivity index is 1.17. The summed E-state index contributed by atoms with van der Waals surface area (Å²) in [4.78, 5) is 21.4. The van der Waals surface area contributed by atoms with Gasteiger partial charge in [0.1, 0.15) is 0 Å². The highest BCUT2D eigenvalue weighted by atomic mass is 16.4. The third-order valence-electron chi connectivity index (χ3n) is 5.72. The summed E-state index contributed by atoms with van der Waals surface area (Å²) < 4.78 is 0. The molecular formula is C21H20N4O2. The lowest BCUT2D eigenvalue weighted by Crippen LogP contribution is -2.32. The van der Waals surface area contributed by atoms with Crippen LogP contribution < -0.4 is 10.2 Å². The molecule has 1 saturated heterocycles. The SMILES string of the molecule is O=C(O)c1cnc(N2C[C@@H]3C(NCc4ccc5ccccc5c4)[C@@H]3C2)nc1. The van der Waals surface area contributed by atoms with Gasteiger partial charge in [0.25, 0.3) is 0 Å². The van der Waals surface area contributed by atoms with Gasteiger partial charge in [-0.1, -0.05) is 36.4 Å². The van der Waals surface area contributed by atoms with Crippen LogP contribution in [0.3, 0.4) is 0 Å². The molecule has 1 aliphatic heterocycles. The van der Waals surface area contributed by atoms with Crippen molar-refractivity contribution in [2.45, 2.75) is 12.6 Å². The number of carboxylic acids is 1. The maximum atomic E-state index is 10.9. The van der Waals surface area contributed by atoms with Gasteiger partial charge in [0.05, 0.1) is 5.56 Å². The maximum absolute atomic E-state index is 10.9. The first-order valence-electron chi connectivity index (χ1n) is 9.20. The molecule has 6 heteroatoms. The molecule has 27 heavy (non-hydrogen) atoms. The fraction of sp³-hybridized carbons (Fsp3) is 0.286. The lowest BCUT2D eigenvalue weighted by molar-refractivity contribution is 0.0696. The van der Waals surface area contributed by atoms with Crippen molar-refractivity contribution in [3.05, 3.63) is 66.0 Å². The van der Waals surface area contributed by atoms with Crippen LogP contribution >= 0.6 is 0 Å². The average Bonchev–Trinajstić information content (AvgIpc) is 3.15. The van der Waals surface area contributed by atoms with E-state index in [1.54, 1.807) is 0 Å². The van der Waals surface area contributed by atoms with Crippen molar-refractivity contribution in [3.63, 3.8) is 0 Å². The van der Waals surface area contributed by atoms with Crippen LogP contribution in [0, 0.1) is 11.8 Å². The van der Waals surface area contributed by atoms with E-state index in [-0.39, 0.29) is 5.56 Å². The van der Waals surface area contributed by atoms with Gasteiger partial charge in [-0.2, -0.15) is 0 Å². The Morgan fingerprint density at radius 3 is 2.48 bits per heavy atom. The maximum Gasteiger partial charge on any atom is 0.338 e. The number of carbonyl (C=O) groups is 1. The highest BCUT2D eigenvalue weighted by molar-refractivity contribution is 5.86. The van der Waals surface area contributed by atoms with Crippen molar-refractivity contribution in [2.24, 2.45) is 11.8 Å². The first kappa shape index (κ1) is 16.2. The summed E-state index contributed by atoms with van der Waals surface area (Å²) >= 11 is 0. The van der Waals surface area contributed by atoms with Gasteiger partial charge in [0.15, 0.2) is 0 Å². The average molecular weight is 360 g/mol. The van der Waals surface area contributed by atoms with Crippen molar-refractivity contribution < 1.29 is 9.90 Å². The normalized spacial score (nSPS) is 23.4. The predicted octanol–water partition coefficient (Wildman–Crippen LogP) is 2.55. The zero-order valence-corrected chi connectivity index (χ0v) is 14.7. The van der Waals surface area contributed by atoms with E-state index < -0.39 is 5.97 Å². The number of anilines is 1. The molecule has 0 bridgehead atoms. The zero-order valence-electron chi connectivity index (χ0n) is 14.7. The number of piperidine rings is 1. The molecule has 2 aliphatic rings. The summed E-state index contributed by atoms with van der Waals surface area (Å²) in [5.41, 5.74) is 1.43. The van der Waals surface area contributed by atoms with Gasteiger partial charge in [0.2, 0.25) is 5.95 Å². The van der Waals surface area contributed by atoms with Gasteiger partial charge in [-0.15, -0.1) is 0 Å². The van der Waals surface area contributed by atoms with Crippen LogP contribution in [-0.2, 0) is 6.54 Å². The minimum Gasteiger partial charge on any atom is -0.478 e. The standard InChI is InChI=1S/C21H20N4O2/c26-20(27)16-9-23-21(24-10-16)25-11-17-18(12-25)19(17)22-8-13-5-6-14-3-1-2-4-15(14)7-13/h1-7,9-10,17-19,22H,8,11-12H2,(H,26,27)/t17-,18+,19?. The summed E-state index contributed by atoms with van der Waals surface area (Å²) in [6.45, 7) is 2.73. The highest BCUT2D eigenvalue weighted by Crippen LogP contribution is 2.46. The Kier molecular flexibility index (Phi) is 3.79. The summed E-state index contributed by atoms with van der Waals surface area (Å²) in [5.74, 6) is 0.866. The minimum absolute atomic E-state index is 0.123. The second-order valence-corrected chi connectivity index (χ2v) is 7.40. The summed E-state index contributed by atoms with van der Waals surface area (Å²) in [7, 11) is 0. The zero-order chi connectivity index (χ0) is 18.4. The number of nitrogens with zero attached hydrogens (tertiary/aromatic N) is 3. The van der Waals surface area contributed by atoms with E-state index in [9.17, 15) is 4.79 Å². The van der Waals surface area contributed by atoms with Gasteiger partial charge in [-0.25, -0.2) is 14.8 Å². The molecule has 1 aliphatic carbocycles. The van der Waals surface area contributed by atoms with Gasteiger partial charge >= 0.3 is 5.97 Å². The molecule has 6 nitrogen and oxygen atoms in total. The monoisotopic (exact) mass is 360 g/mol. The molecule has 5 rings (SSSR count). The lowest BCUT2D eigenvalue weighted by atomic mass is 10.1. The van der Waals surface area contributed by atoms with Crippen LogP contribution in [-0.4, -0.2) is 40.2 Å². The highest BCUT2D eigenvalue weighted by Gasteiger charge is 2.55. The molecule has 0 amide bonds. The lowest BCUT2D eigenvalue weighted by Gasteiger charge is -2.20. The van der Waals surface area contributed by atoms with E-state index in [4.69, 9.17) is 5.11 Å². The molecule has 2 fully saturated rings. The third kappa shape index (κ3) is 3.02. The van der Waals surface area contributed by atoms with Crippen molar-refractivity contribution in [1.29, 1.82) is 0 Å². The Hall–Kier alpha value is -2.99. The van der Waals surface area contributed by atoms with Crippen LogP contribution in [0.2, 0.25) is 0 Å². The third-order valence-corrected chi connectivity index (χ3v) is 5.72. The van der Waals surface area contributed by atoms with E-state index in [1.165, 1.54) is 28.7 Å². The molecule has 1 saturated carbocycles. The van der Waals surface area contributed by atoms with Crippen molar-refractivity contribution >= 4 is 22.7 Å². The summed E-state index contributed by atoms with van der Waals surface area (Å²) in [5, 5.41) is 15.2. The fourth-order valence-electron chi connectivity index (χ4n) is 4.17. The number of aromatic carboxylic acids is 1. The van der Waals surface area contributed by atoms with Crippen molar-refractivity contribution in [2.75, 3.05) is 18.0 Å². The van der Waals surface area contributed by atoms with E-state index in [0.717, 1.165) is 19.6 Å². The summed E-state index contributed by atoms with van der Waals surface area (Å²) in [6, 6.07) is 15.6. The Labute approximate surface area is 156 Å². The van der Waals surface area contributed by atoms with Crippen LogP contribution in [0.1, 0.15) is 15.9 Å². The van der Waals surface area contributed by atoms with Crippen molar-refractivity contribution in [1.82, 2.24) is 15.3 Å². The first-order chi connectivity index (χ1) is 13.2. The van der Waals surface area contributed by atoms with Crippen LogP contribution in [0.25, 0.3) is 10.8 Å². The Morgan fingerprint density at radius 2 is 1.78 bits per heavy atom. The number of hydrogen-bond acceptors (Lipinski definition) is 5. The number of aromatic nitrogens is 2. The smallest absolute Gasteiger partial charge is 0.338 e. The summed E-state index contributed by atoms with van der Waals surface area (Å²) in [6.07, 6.45) is 2.76. The second-order valence-electron chi connectivity index (χ2n) is 7.40. The minimum atomic E-state index is -0.997. The van der Waals surface area contributed by atoms with Gasteiger partial charge in [-0.05, 0) is 34.2 Å². The predicted molar refractivity (Wildman–Crippen MR) is 103 cm³/mol. The van der Waals surface area contributed by atoms with Crippen molar-refractivity contribution in [3.8, 4) is 0 Å². The topological polar surface area (TPSA) is 78.3 Å². The fourth-order valence-corrected chi connectivity index (χ4v) is 4.17. The molecule has 2 heterocycles. The largest absolute Gasteiger partial charge is 0.478 e. The number of hydrogen-bond donors (Lipinski definition) is 2. The Morgan fingerprint density at radius 1 is 1.07 bits per heavy atom. The molecule has 0 spiro atoms. The van der Waals surface area contributed by atoms with Crippen LogP contribution in [0.4, 0.5) is 5.95 Å². The number of fused-ring (bicyclic) bond motifs is 2.